The molecule has 0 saturated carbocycles. The lowest BCUT2D eigenvalue weighted by Crippen LogP contribution is -2.44. The maximum absolute atomic E-state index is 11.7. The quantitative estimate of drug-likeness (QED) is 0.171. The zero-order chi connectivity index (χ0) is 25.9. The van der Waals surface area contributed by atoms with E-state index in [9.17, 15) is 9.59 Å². The first-order valence-electron chi connectivity index (χ1n) is 12.2. The van der Waals surface area contributed by atoms with Crippen molar-refractivity contribution in [2.24, 2.45) is 0 Å². The van der Waals surface area contributed by atoms with E-state index in [2.05, 4.69) is 37.0 Å². The lowest BCUT2D eigenvalue weighted by molar-refractivity contribution is -0.139. The van der Waals surface area contributed by atoms with Crippen molar-refractivity contribution < 1.29 is 27.9 Å². The van der Waals surface area contributed by atoms with Crippen LogP contribution in [0, 0.1) is 0 Å². The summed E-state index contributed by atoms with van der Waals surface area (Å²) in [7, 11) is -0.943. The Labute approximate surface area is 212 Å². The summed E-state index contributed by atoms with van der Waals surface area (Å²) in [4.78, 5) is 23.2. The molecule has 35 heavy (non-hydrogen) atoms. The molecule has 6 nitrogen and oxygen atoms in total. The van der Waals surface area contributed by atoms with Gasteiger partial charge < -0.3 is 18.3 Å². The Morgan fingerprint density at radius 3 is 1.80 bits per heavy atom. The highest BCUT2D eigenvalue weighted by atomic mass is 28.4. The van der Waals surface area contributed by atoms with Gasteiger partial charge in [0.1, 0.15) is 5.75 Å². The molecule has 2 aromatic carbocycles. The van der Waals surface area contributed by atoms with Crippen molar-refractivity contribution in [1.29, 1.82) is 0 Å². The maximum atomic E-state index is 11.7. The number of rotatable bonds is 13. The zero-order valence-electron chi connectivity index (χ0n) is 22.0. The highest BCUT2D eigenvalue weighted by Gasteiger charge is 2.32. The van der Waals surface area contributed by atoms with Crippen LogP contribution in [0.25, 0.3) is 0 Å². The van der Waals surface area contributed by atoms with Crippen LogP contribution in [0.3, 0.4) is 0 Å². The fourth-order valence-corrected chi connectivity index (χ4v) is 13.3. The Morgan fingerprint density at radius 1 is 0.714 bits per heavy atom. The summed E-state index contributed by atoms with van der Waals surface area (Å²) in [6.07, 6.45) is 3.40. The third-order valence-electron chi connectivity index (χ3n) is 6.02. The number of carbonyl (C=O) groups is 2. The molecule has 0 N–H and O–H groups in total. The highest BCUT2D eigenvalue weighted by molar-refractivity contribution is 6.84. The standard InChI is InChI=1S/C27H40O6Si2/c1-30-26(28)21-24-15-8-7-13-22(24)16-11-19-34(3,4)33-35(5,6)20-12-17-23-14-9-10-18-25(23)32-27(29)31-2/h7-10,13-15,18H,11-12,16-17,19-21H2,1-6H3. The number of aryl methyl sites for hydroxylation is 2. The fraction of sp³-hybridized carbons (Fsp3) is 0.481. The van der Waals surface area contributed by atoms with Crippen LogP contribution in [-0.4, -0.2) is 43.0 Å². The van der Waals surface area contributed by atoms with E-state index in [1.807, 2.05) is 36.4 Å². The van der Waals surface area contributed by atoms with E-state index in [1.165, 1.54) is 19.8 Å². The maximum Gasteiger partial charge on any atom is 0.513 e. The molecule has 0 fully saturated rings. The van der Waals surface area contributed by atoms with Crippen molar-refractivity contribution in [2.45, 2.75) is 70.4 Å². The number of benzene rings is 2. The van der Waals surface area contributed by atoms with Gasteiger partial charge in [0.05, 0.1) is 20.6 Å². The highest BCUT2D eigenvalue weighted by Crippen LogP contribution is 2.27. The van der Waals surface area contributed by atoms with E-state index >= 15 is 0 Å². The minimum Gasteiger partial charge on any atom is -0.469 e. The SMILES string of the molecule is COC(=O)Cc1ccccc1CCC[Si](C)(C)O[Si](C)(C)CCCc1ccccc1OC(=O)OC. The van der Waals surface area contributed by atoms with Gasteiger partial charge in [0, 0.05) is 0 Å². The molecule has 0 aliphatic carbocycles. The third kappa shape index (κ3) is 10.4. The predicted molar refractivity (Wildman–Crippen MR) is 144 cm³/mol. The van der Waals surface area contributed by atoms with Crippen LogP contribution in [0.5, 0.6) is 5.75 Å². The third-order valence-corrected chi connectivity index (χ3v) is 13.6. The molecule has 8 heteroatoms. The van der Waals surface area contributed by atoms with Crippen LogP contribution < -0.4 is 4.74 Å². The van der Waals surface area contributed by atoms with Gasteiger partial charge in [-0.15, -0.1) is 0 Å². The molecular formula is C27H40O6Si2. The molecule has 0 unspecified atom stereocenters. The molecule has 0 saturated heterocycles. The summed E-state index contributed by atoms with van der Waals surface area (Å²) >= 11 is 0. The Morgan fingerprint density at radius 2 is 1.23 bits per heavy atom. The van der Waals surface area contributed by atoms with Gasteiger partial charge in [-0.25, -0.2) is 4.79 Å². The minimum atomic E-state index is -1.85. The van der Waals surface area contributed by atoms with Crippen LogP contribution >= 0.6 is 0 Å². The largest absolute Gasteiger partial charge is 0.513 e. The summed E-state index contributed by atoms with van der Waals surface area (Å²) in [5.74, 6) is 0.352. The van der Waals surface area contributed by atoms with Crippen LogP contribution in [0.2, 0.25) is 38.3 Å². The molecule has 0 atom stereocenters. The molecule has 0 aliphatic heterocycles. The molecule has 0 radical (unpaired) electrons. The number of hydrogen-bond acceptors (Lipinski definition) is 6. The van der Waals surface area contributed by atoms with Gasteiger partial charge >= 0.3 is 12.1 Å². The van der Waals surface area contributed by atoms with Gasteiger partial charge in [0.2, 0.25) is 0 Å². The summed E-state index contributed by atoms with van der Waals surface area (Å²) in [6, 6.07) is 17.8. The number of para-hydroxylation sites is 1. The first kappa shape index (κ1) is 28.8. The van der Waals surface area contributed by atoms with Gasteiger partial charge in [-0.2, -0.15) is 0 Å². The van der Waals surface area contributed by atoms with Crippen molar-refractivity contribution in [3.05, 3.63) is 65.2 Å². The fourth-order valence-electron chi connectivity index (χ4n) is 4.40. The second kappa shape index (κ2) is 13.6. The van der Waals surface area contributed by atoms with Gasteiger partial charge in [0.15, 0.2) is 16.6 Å². The molecule has 0 aliphatic rings. The number of carbonyl (C=O) groups excluding carboxylic acids is 2. The molecule has 0 spiro atoms. The van der Waals surface area contributed by atoms with Crippen LogP contribution in [-0.2, 0) is 37.6 Å². The number of ether oxygens (including phenoxy) is 3. The molecular weight excluding hydrogens is 476 g/mol. The Hall–Kier alpha value is -2.43. The second-order valence-corrected chi connectivity index (χ2v) is 18.9. The summed E-state index contributed by atoms with van der Waals surface area (Å²) in [5, 5.41) is 0. The predicted octanol–water partition coefficient (Wildman–Crippen LogP) is 6.54. The van der Waals surface area contributed by atoms with Crippen molar-refractivity contribution >= 4 is 28.8 Å². The van der Waals surface area contributed by atoms with E-state index < -0.39 is 22.8 Å². The molecule has 0 aromatic heterocycles. The van der Waals surface area contributed by atoms with Crippen molar-refractivity contribution in [2.75, 3.05) is 14.2 Å². The van der Waals surface area contributed by atoms with Crippen LogP contribution in [0.1, 0.15) is 29.5 Å². The molecule has 0 heterocycles. The summed E-state index contributed by atoms with van der Waals surface area (Å²) < 4.78 is 21.6. The minimum absolute atomic E-state index is 0.206. The van der Waals surface area contributed by atoms with Crippen molar-refractivity contribution in [3.63, 3.8) is 0 Å². The topological polar surface area (TPSA) is 71.1 Å². The second-order valence-electron chi connectivity index (χ2n) is 10.0. The molecule has 0 amide bonds. The summed E-state index contributed by atoms with van der Waals surface area (Å²) in [5.41, 5.74) is 3.27. The van der Waals surface area contributed by atoms with Gasteiger partial charge in [-0.05, 0) is 86.7 Å². The van der Waals surface area contributed by atoms with Gasteiger partial charge in [-0.1, -0.05) is 42.5 Å². The lowest BCUT2D eigenvalue weighted by atomic mass is 10.0. The Balaban J connectivity index is 1.85. The summed E-state index contributed by atoms with van der Waals surface area (Å²) in [6.45, 7) is 9.21. The van der Waals surface area contributed by atoms with E-state index in [0.717, 1.165) is 48.9 Å². The first-order valence-corrected chi connectivity index (χ1v) is 18.5. The van der Waals surface area contributed by atoms with E-state index in [1.54, 1.807) is 6.07 Å². The van der Waals surface area contributed by atoms with Gasteiger partial charge in [0.25, 0.3) is 0 Å². The number of esters is 1. The number of methoxy groups -OCH3 is 2. The van der Waals surface area contributed by atoms with Crippen molar-refractivity contribution in [3.8, 4) is 5.75 Å². The molecule has 2 aromatic rings. The van der Waals surface area contributed by atoms with E-state index in [4.69, 9.17) is 13.6 Å². The zero-order valence-corrected chi connectivity index (χ0v) is 24.0. The molecule has 0 bridgehead atoms. The van der Waals surface area contributed by atoms with E-state index in [-0.39, 0.29) is 5.97 Å². The normalized spacial score (nSPS) is 11.7. The molecule has 192 valence electrons. The smallest absolute Gasteiger partial charge is 0.469 e. The van der Waals surface area contributed by atoms with Gasteiger partial charge in [-0.3, -0.25) is 4.79 Å². The average molecular weight is 517 g/mol. The Kier molecular flexibility index (Phi) is 11.2. The number of hydrogen-bond donors (Lipinski definition) is 0. The van der Waals surface area contributed by atoms with E-state index in [0.29, 0.717) is 12.2 Å². The lowest BCUT2D eigenvalue weighted by Gasteiger charge is -2.34. The first-order chi connectivity index (χ1) is 16.5. The molecule has 2 rings (SSSR count). The van der Waals surface area contributed by atoms with Crippen LogP contribution in [0.4, 0.5) is 4.79 Å². The average Bonchev–Trinajstić information content (AvgIpc) is 2.80. The monoisotopic (exact) mass is 516 g/mol. The van der Waals surface area contributed by atoms with Crippen molar-refractivity contribution in [1.82, 2.24) is 0 Å². The van der Waals surface area contributed by atoms with Crippen LogP contribution in [0.15, 0.2) is 48.5 Å². The Bertz CT molecular complexity index is 896.